The first kappa shape index (κ1) is 25.0. The number of nitrogens with one attached hydrogen (secondary N) is 1. The molecule has 1 unspecified atom stereocenters. The van der Waals surface area contributed by atoms with Crippen molar-refractivity contribution in [3.63, 3.8) is 0 Å². The minimum Gasteiger partial charge on any atom is -0.481 e. The number of benzene rings is 3. The molecule has 0 bridgehead atoms. The molecule has 3 aromatic carbocycles. The number of fused-ring (bicyclic) bond motifs is 1. The molecule has 0 aliphatic carbocycles. The van der Waals surface area contributed by atoms with E-state index in [1.165, 1.54) is 17.0 Å². The van der Waals surface area contributed by atoms with Gasteiger partial charge in [0.15, 0.2) is 5.96 Å². The third kappa shape index (κ3) is 5.59. The summed E-state index contributed by atoms with van der Waals surface area (Å²) in [5.41, 5.74) is 13.5. The number of guanidine groups is 1. The summed E-state index contributed by atoms with van der Waals surface area (Å²) in [5.74, 6) is -1.98. The Morgan fingerprint density at radius 1 is 1.06 bits per heavy atom. The van der Waals surface area contributed by atoms with Crippen LogP contribution in [0.4, 0.5) is 11.4 Å². The van der Waals surface area contributed by atoms with E-state index in [-0.39, 0.29) is 24.8 Å². The van der Waals surface area contributed by atoms with Crippen molar-refractivity contribution in [2.45, 2.75) is 19.0 Å². The topological polar surface area (TPSA) is 151 Å². The summed E-state index contributed by atoms with van der Waals surface area (Å²) in [6, 6.07) is 15.3. The summed E-state index contributed by atoms with van der Waals surface area (Å²) in [4.78, 5) is 43.1. The lowest BCUT2D eigenvalue weighted by atomic mass is 10.0. The first-order valence-electron chi connectivity index (χ1n) is 10.7. The zero-order valence-electron chi connectivity index (χ0n) is 18.7. The van der Waals surface area contributed by atoms with Crippen LogP contribution in [0, 0.1) is 0 Å². The average Bonchev–Trinajstić information content (AvgIpc) is 3.12. The van der Waals surface area contributed by atoms with Gasteiger partial charge >= 0.3 is 5.97 Å². The van der Waals surface area contributed by atoms with Crippen LogP contribution in [0.2, 0.25) is 10.0 Å². The molecule has 3 aromatic rings. The summed E-state index contributed by atoms with van der Waals surface area (Å²) in [6.45, 7) is 0.199. The lowest BCUT2D eigenvalue weighted by molar-refractivity contribution is -0.138. The minimum atomic E-state index is -1.07. The van der Waals surface area contributed by atoms with Crippen LogP contribution in [0.25, 0.3) is 0 Å². The smallest absolute Gasteiger partial charge is 0.305 e. The lowest BCUT2D eigenvalue weighted by Crippen LogP contribution is -2.31. The summed E-state index contributed by atoms with van der Waals surface area (Å²) in [5, 5.41) is 12.9. The number of aliphatic carboxylic acids is 1. The maximum absolute atomic E-state index is 13.3. The molecule has 1 aliphatic rings. The fourth-order valence-corrected chi connectivity index (χ4v) is 4.61. The van der Waals surface area contributed by atoms with E-state index in [1.54, 1.807) is 48.5 Å². The fraction of sp³-hybridized carbons (Fsp3) is 0.120. The van der Waals surface area contributed by atoms with Gasteiger partial charge in [0.1, 0.15) is 0 Å². The van der Waals surface area contributed by atoms with Crippen molar-refractivity contribution in [3.8, 4) is 0 Å². The summed E-state index contributed by atoms with van der Waals surface area (Å²) < 4.78 is 0. The number of anilines is 1. The average molecular weight is 526 g/mol. The van der Waals surface area contributed by atoms with Crippen molar-refractivity contribution in [2.75, 3.05) is 5.32 Å². The highest BCUT2D eigenvalue weighted by atomic mass is 35.5. The maximum atomic E-state index is 13.3. The standard InChI is InChI=1S/C25H21Cl2N5O4/c26-16-6-15(7-17(27)9-16)21(11-22(33)34)32-12-14-4-5-19(10-20(14)24(32)36)30-23(35)13-2-1-3-18(8-13)31-25(28)29/h1-10,21H,11-12H2,(H,30,35)(H,33,34)(H4,28,29,31). The van der Waals surface area contributed by atoms with Crippen LogP contribution in [0.5, 0.6) is 0 Å². The van der Waals surface area contributed by atoms with E-state index in [0.29, 0.717) is 43.7 Å². The molecular formula is C25H21Cl2N5O4. The van der Waals surface area contributed by atoms with Crippen molar-refractivity contribution in [1.29, 1.82) is 0 Å². The number of carbonyl (C=O) groups excluding carboxylic acids is 2. The molecule has 0 aromatic heterocycles. The van der Waals surface area contributed by atoms with Crippen LogP contribution in [0.15, 0.2) is 65.7 Å². The van der Waals surface area contributed by atoms with Crippen molar-refractivity contribution < 1.29 is 19.5 Å². The van der Waals surface area contributed by atoms with Crippen LogP contribution < -0.4 is 16.8 Å². The molecule has 184 valence electrons. The van der Waals surface area contributed by atoms with Crippen LogP contribution in [0.1, 0.15) is 44.3 Å². The third-order valence-electron chi connectivity index (χ3n) is 5.58. The van der Waals surface area contributed by atoms with E-state index in [0.717, 1.165) is 0 Å². The molecule has 9 nitrogen and oxygen atoms in total. The third-order valence-corrected chi connectivity index (χ3v) is 6.02. The van der Waals surface area contributed by atoms with Gasteiger partial charge in [0.2, 0.25) is 0 Å². The Bertz CT molecular complexity index is 1380. The molecule has 36 heavy (non-hydrogen) atoms. The molecule has 2 amide bonds. The normalized spacial score (nSPS) is 13.2. The highest BCUT2D eigenvalue weighted by Crippen LogP contribution is 2.36. The number of amides is 2. The van der Waals surface area contributed by atoms with Gasteiger partial charge in [-0.2, -0.15) is 0 Å². The maximum Gasteiger partial charge on any atom is 0.305 e. The Kier molecular flexibility index (Phi) is 7.14. The van der Waals surface area contributed by atoms with Crippen molar-refractivity contribution >= 4 is 58.3 Å². The molecule has 1 heterocycles. The number of nitrogens with zero attached hydrogens (tertiary/aromatic N) is 2. The summed E-state index contributed by atoms with van der Waals surface area (Å²) in [7, 11) is 0. The second-order valence-electron chi connectivity index (χ2n) is 8.16. The number of carboxylic acid groups (broad SMARTS) is 1. The predicted molar refractivity (Wildman–Crippen MR) is 138 cm³/mol. The highest BCUT2D eigenvalue weighted by Gasteiger charge is 2.35. The zero-order chi connectivity index (χ0) is 26.0. The van der Waals surface area contributed by atoms with E-state index >= 15 is 0 Å². The molecule has 1 aliphatic heterocycles. The van der Waals surface area contributed by atoms with Crippen molar-refractivity contribution in [1.82, 2.24) is 4.90 Å². The summed E-state index contributed by atoms with van der Waals surface area (Å²) >= 11 is 12.2. The van der Waals surface area contributed by atoms with Gasteiger partial charge in [-0.15, -0.1) is 0 Å². The molecule has 0 spiro atoms. The molecule has 4 rings (SSSR count). The zero-order valence-corrected chi connectivity index (χ0v) is 20.3. The van der Waals surface area contributed by atoms with Gasteiger partial charge in [0.25, 0.3) is 11.8 Å². The highest BCUT2D eigenvalue weighted by molar-refractivity contribution is 6.34. The molecule has 11 heteroatoms. The number of rotatable bonds is 7. The number of hydrogen-bond donors (Lipinski definition) is 4. The SMILES string of the molecule is NC(N)=Nc1cccc(C(=O)Nc2ccc3c(c2)C(=O)N(C(CC(=O)O)c2cc(Cl)cc(Cl)c2)C3)c1. The van der Waals surface area contributed by atoms with Gasteiger partial charge in [0.05, 0.1) is 18.2 Å². The molecule has 0 saturated heterocycles. The first-order valence-corrected chi connectivity index (χ1v) is 11.5. The Morgan fingerprint density at radius 3 is 2.44 bits per heavy atom. The summed E-state index contributed by atoms with van der Waals surface area (Å²) in [6.07, 6.45) is -0.327. The van der Waals surface area contributed by atoms with E-state index in [2.05, 4.69) is 10.3 Å². The van der Waals surface area contributed by atoms with Crippen molar-refractivity contribution in [2.24, 2.45) is 16.5 Å². The van der Waals surface area contributed by atoms with Gasteiger partial charge in [-0.25, -0.2) is 4.99 Å². The molecule has 6 N–H and O–H groups in total. The fourth-order valence-electron chi connectivity index (χ4n) is 4.06. The van der Waals surface area contributed by atoms with E-state index in [9.17, 15) is 19.5 Å². The molecule has 0 radical (unpaired) electrons. The monoisotopic (exact) mass is 525 g/mol. The van der Waals surface area contributed by atoms with Gasteiger partial charge in [-0.1, -0.05) is 35.3 Å². The minimum absolute atomic E-state index is 0.129. The van der Waals surface area contributed by atoms with E-state index in [1.807, 2.05) is 0 Å². The number of carbonyl (C=O) groups is 3. The van der Waals surface area contributed by atoms with Gasteiger partial charge < -0.3 is 26.8 Å². The second-order valence-corrected chi connectivity index (χ2v) is 9.04. The van der Waals surface area contributed by atoms with Gasteiger partial charge in [-0.05, 0) is 59.7 Å². The lowest BCUT2D eigenvalue weighted by Gasteiger charge is -2.27. The first-order chi connectivity index (χ1) is 17.1. The van der Waals surface area contributed by atoms with Crippen LogP contribution in [-0.4, -0.2) is 33.7 Å². The predicted octanol–water partition coefficient (Wildman–Crippen LogP) is 4.32. The van der Waals surface area contributed by atoms with Crippen LogP contribution >= 0.6 is 23.2 Å². The van der Waals surface area contributed by atoms with Gasteiger partial charge in [-0.3, -0.25) is 14.4 Å². The molecule has 0 fully saturated rings. The second kappa shape index (κ2) is 10.3. The Morgan fingerprint density at radius 2 is 1.78 bits per heavy atom. The number of carboxylic acids is 1. The Labute approximate surface area is 216 Å². The largest absolute Gasteiger partial charge is 0.481 e. The molecule has 1 atom stereocenters. The number of halogens is 2. The van der Waals surface area contributed by atoms with Gasteiger partial charge in [0, 0.05) is 33.4 Å². The quantitative estimate of drug-likeness (QED) is 0.266. The Balaban J connectivity index is 1.58. The van der Waals surface area contributed by atoms with E-state index < -0.39 is 17.9 Å². The van der Waals surface area contributed by atoms with Crippen LogP contribution in [0.3, 0.4) is 0 Å². The number of nitrogens with two attached hydrogens (primary N) is 2. The molecule has 0 saturated carbocycles. The van der Waals surface area contributed by atoms with Crippen molar-refractivity contribution in [3.05, 3.63) is 93.0 Å². The Hall–Kier alpha value is -4.08. The van der Waals surface area contributed by atoms with Crippen LogP contribution in [-0.2, 0) is 11.3 Å². The number of aliphatic imine (C=N–C) groups is 1. The number of hydrogen-bond acceptors (Lipinski definition) is 4. The van der Waals surface area contributed by atoms with E-state index in [4.69, 9.17) is 34.7 Å². The molecular weight excluding hydrogens is 505 g/mol.